The number of hydrogen-bond acceptors (Lipinski definition) is 5. The van der Waals surface area contributed by atoms with Crippen molar-refractivity contribution in [3.63, 3.8) is 0 Å². The highest BCUT2D eigenvalue weighted by atomic mass is 32.2. The highest BCUT2D eigenvalue weighted by Crippen LogP contribution is 2.19. The molecule has 1 aromatic rings. The summed E-state index contributed by atoms with van der Waals surface area (Å²) in [5.74, 6) is -0.0409. The molecule has 0 aliphatic carbocycles. The largest absolute Gasteiger partial charge is 0.340 e. The SMILES string of the molecule is CCN1CCN(C(=O)CCN(c2cccc(C#N)c2)S(C)(=O)=O)CC1. The van der Waals surface area contributed by atoms with Crippen LogP contribution >= 0.6 is 0 Å². The van der Waals surface area contributed by atoms with Gasteiger partial charge in [-0.25, -0.2) is 8.42 Å². The molecular weight excluding hydrogens is 340 g/mol. The average molecular weight is 364 g/mol. The molecule has 1 aliphatic rings. The first-order valence-electron chi connectivity index (χ1n) is 8.33. The number of sulfonamides is 1. The molecule has 8 heteroatoms. The molecule has 0 atom stereocenters. The highest BCUT2D eigenvalue weighted by Gasteiger charge is 2.23. The third-order valence-corrected chi connectivity index (χ3v) is 5.56. The van der Waals surface area contributed by atoms with Crippen molar-refractivity contribution < 1.29 is 13.2 Å². The van der Waals surface area contributed by atoms with Crippen molar-refractivity contribution >= 4 is 21.6 Å². The Morgan fingerprint density at radius 2 is 1.96 bits per heavy atom. The summed E-state index contributed by atoms with van der Waals surface area (Å²) >= 11 is 0. The number of nitrogens with zero attached hydrogens (tertiary/aromatic N) is 4. The van der Waals surface area contributed by atoms with Crippen molar-refractivity contribution in [2.75, 3.05) is 49.8 Å². The number of benzene rings is 1. The van der Waals surface area contributed by atoms with Crippen LogP contribution in [0.25, 0.3) is 0 Å². The maximum Gasteiger partial charge on any atom is 0.232 e. The smallest absolute Gasteiger partial charge is 0.232 e. The normalized spacial score (nSPS) is 15.6. The van der Waals surface area contributed by atoms with Crippen LogP contribution in [-0.2, 0) is 14.8 Å². The van der Waals surface area contributed by atoms with Crippen molar-refractivity contribution in [2.24, 2.45) is 0 Å². The summed E-state index contributed by atoms with van der Waals surface area (Å²) in [7, 11) is -3.54. The van der Waals surface area contributed by atoms with E-state index in [1.807, 2.05) is 6.07 Å². The molecular formula is C17H24N4O3S. The van der Waals surface area contributed by atoms with E-state index < -0.39 is 10.0 Å². The summed E-state index contributed by atoms with van der Waals surface area (Å²) in [4.78, 5) is 16.5. The lowest BCUT2D eigenvalue weighted by molar-refractivity contribution is -0.132. The number of carbonyl (C=O) groups excluding carboxylic acids is 1. The number of rotatable bonds is 6. The molecule has 1 aromatic carbocycles. The minimum absolute atomic E-state index is 0.0409. The van der Waals surface area contributed by atoms with Gasteiger partial charge in [0.25, 0.3) is 0 Å². The summed E-state index contributed by atoms with van der Waals surface area (Å²) in [6.45, 7) is 6.19. The van der Waals surface area contributed by atoms with Gasteiger partial charge in [0.05, 0.1) is 23.6 Å². The third-order valence-electron chi connectivity index (χ3n) is 4.36. The first-order valence-corrected chi connectivity index (χ1v) is 10.2. The Balaban J connectivity index is 2.04. The monoisotopic (exact) mass is 364 g/mol. The van der Waals surface area contributed by atoms with Crippen LogP contribution in [0.2, 0.25) is 0 Å². The van der Waals surface area contributed by atoms with E-state index in [0.717, 1.165) is 25.9 Å². The van der Waals surface area contributed by atoms with Crippen LogP contribution in [0, 0.1) is 11.3 Å². The van der Waals surface area contributed by atoms with Crippen LogP contribution in [0.4, 0.5) is 5.69 Å². The zero-order valence-electron chi connectivity index (χ0n) is 14.7. The molecule has 2 rings (SSSR count). The summed E-state index contributed by atoms with van der Waals surface area (Å²) in [6, 6.07) is 8.40. The van der Waals surface area contributed by atoms with E-state index in [2.05, 4.69) is 11.8 Å². The molecule has 136 valence electrons. The summed E-state index contributed by atoms with van der Waals surface area (Å²) in [5.41, 5.74) is 0.790. The van der Waals surface area contributed by atoms with Crippen molar-refractivity contribution in [3.8, 4) is 6.07 Å². The third kappa shape index (κ3) is 5.18. The lowest BCUT2D eigenvalue weighted by atomic mass is 10.2. The van der Waals surface area contributed by atoms with Gasteiger partial charge in [0.15, 0.2) is 0 Å². The Morgan fingerprint density at radius 3 is 2.52 bits per heavy atom. The molecule has 0 radical (unpaired) electrons. The molecule has 1 aliphatic heterocycles. The molecule has 1 saturated heterocycles. The lowest BCUT2D eigenvalue weighted by Crippen LogP contribution is -2.49. The van der Waals surface area contributed by atoms with E-state index in [9.17, 15) is 13.2 Å². The Hall–Kier alpha value is -2.11. The van der Waals surface area contributed by atoms with Gasteiger partial charge in [-0.05, 0) is 24.7 Å². The number of nitriles is 1. The fourth-order valence-electron chi connectivity index (χ4n) is 2.89. The first-order chi connectivity index (χ1) is 11.8. The van der Waals surface area contributed by atoms with E-state index in [0.29, 0.717) is 24.3 Å². The van der Waals surface area contributed by atoms with Gasteiger partial charge in [-0.15, -0.1) is 0 Å². The first kappa shape index (κ1) is 19.2. The van der Waals surface area contributed by atoms with E-state index in [1.54, 1.807) is 23.1 Å². The van der Waals surface area contributed by atoms with Crippen molar-refractivity contribution in [2.45, 2.75) is 13.3 Å². The minimum Gasteiger partial charge on any atom is -0.340 e. The molecule has 0 unspecified atom stereocenters. The van der Waals surface area contributed by atoms with Crippen LogP contribution in [0.15, 0.2) is 24.3 Å². The van der Waals surface area contributed by atoms with Gasteiger partial charge in [0.2, 0.25) is 15.9 Å². The second-order valence-electron chi connectivity index (χ2n) is 6.06. The zero-order chi connectivity index (χ0) is 18.4. The number of hydrogen-bond donors (Lipinski definition) is 0. The number of amides is 1. The summed E-state index contributed by atoms with van der Waals surface area (Å²) in [6.07, 6.45) is 1.23. The molecule has 0 bridgehead atoms. The number of likely N-dealkylation sites (N-methyl/N-ethyl adjacent to an activating group) is 1. The van der Waals surface area contributed by atoms with Gasteiger partial charge in [-0.1, -0.05) is 13.0 Å². The number of piperazine rings is 1. The molecule has 0 N–H and O–H groups in total. The standard InChI is InChI=1S/C17H24N4O3S/c1-3-19-9-11-20(12-10-19)17(22)7-8-21(25(2,23)24)16-6-4-5-15(13-16)14-18/h4-6,13H,3,7-12H2,1-2H3. The molecule has 25 heavy (non-hydrogen) atoms. The average Bonchev–Trinajstić information content (AvgIpc) is 2.61. The van der Waals surface area contributed by atoms with Crippen LogP contribution < -0.4 is 4.31 Å². The Morgan fingerprint density at radius 1 is 1.28 bits per heavy atom. The van der Waals surface area contributed by atoms with Crippen LogP contribution in [0.5, 0.6) is 0 Å². The topological polar surface area (TPSA) is 84.7 Å². The van der Waals surface area contributed by atoms with Gasteiger partial charge in [0, 0.05) is 39.1 Å². The van der Waals surface area contributed by atoms with Crippen LogP contribution in [0.1, 0.15) is 18.9 Å². The van der Waals surface area contributed by atoms with Gasteiger partial charge < -0.3 is 9.80 Å². The van der Waals surface area contributed by atoms with Crippen molar-refractivity contribution in [1.29, 1.82) is 5.26 Å². The Labute approximate surface area is 149 Å². The molecule has 0 spiro atoms. The maximum atomic E-state index is 12.4. The fraction of sp³-hybridized carbons (Fsp3) is 0.529. The van der Waals surface area contributed by atoms with Gasteiger partial charge in [-0.3, -0.25) is 9.10 Å². The van der Waals surface area contributed by atoms with Crippen molar-refractivity contribution in [1.82, 2.24) is 9.80 Å². The van der Waals surface area contributed by atoms with E-state index in [1.165, 1.54) is 10.4 Å². The van der Waals surface area contributed by atoms with Crippen LogP contribution in [-0.4, -0.2) is 69.6 Å². The molecule has 0 aromatic heterocycles. The quantitative estimate of drug-likeness (QED) is 0.748. The molecule has 1 fully saturated rings. The Bertz CT molecular complexity index is 749. The van der Waals surface area contributed by atoms with Gasteiger partial charge in [-0.2, -0.15) is 5.26 Å². The highest BCUT2D eigenvalue weighted by molar-refractivity contribution is 7.92. The fourth-order valence-corrected chi connectivity index (χ4v) is 3.81. The summed E-state index contributed by atoms with van der Waals surface area (Å²) in [5, 5.41) is 8.99. The molecule has 1 amide bonds. The van der Waals surface area contributed by atoms with E-state index in [-0.39, 0.29) is 18.9 Å². The lowest BCUT2D eigenvalue weighted by Gasteiger charge is -2.34. The number of anilines is 1. The van der Waals surface area contributed by atoms with E-state index >= 15 is 0 Å². The predicted octanol–water partition coefficient (Wildman–Crippen LogP) is 0.878. The predicted molar refractivity (Wildman–Crippen MR) is 96.7 cm³/mol. The number of carbonyl (C=O) groups is 1. The molecule has 0 saturated carbocycles. The van der Waals surface area contributed by atoms with Crippen molar-refractivity contribution in [3.05, 3.63) is 29.8 Å². The second-order valence-corrected chi connectivity index (χ2v) is 7.97. The maximum absolute atomic E-state index is 12.4. The minimum atomic E-state index is -3.54. The second kappa shape index (κ2) is 8.32. The summed E-state index contributed by atoms with van der Waals surface area (Å²) < 4.78 is 25.4. The van der Waals surface area contributed by atoms with Gasteiger partial charge in [0.1, 0.15) is 0 Å². The van der Waals surface area contributed by atoms with Gasteiger partial charge >= 0.3 is 0 Å². The Kier molecular flexibility index (Phi) is 6.39. The zero-order valence-corrected chi connectivity index (χ0v) is 15.5. The van der Waals surface area contributed by atoms with E-state index in [4.69, 9.17) is 5.26 Å². The molecule has 7 nitrogen and oxygen atoms in total. The van der Waals surface area contributed by atoms with Crippen LogP contribution in [0.3, 0.4) is 0 Å². The molecule has 1 heterocycles.